The molecule has 108 valence electrons. The molecule has 0 bridgehead atoms. The fraction of sp³-hybridized carbons (Fsp3) is 0.562. The molecule has 3 rings (SSSR count). The minimum absolute atomic E-state index is 0.0467. The lowest BCUT2D eigenvalue weighted by Gasteiger charge is -2.41. The van der Waals surface area contributed by atoms with E-state index >= 15 is 0 Å². The summed E-state index contributed by atoms with van der Waals surface area (Å²) in [4.78, 5) is 12.6. The van der Waals surface area contributed by atoms with Crippen LogP contribution in [-0.2, 0) is 10.2 Å². The second-order valence-corrected chi connectivity index (χ2v) is 6.72. The zero-order valence-electron chi connectivity index (χ0n) is 11.5. The number of rotatable bonds is 5. The van der Waals surface area contributed by atoms with Gasteiger partial charge >= 0.3 is 0 Å². The second-order valence-electron chi connectivity index (χ2n) is 6.29. The topological polar surface area (TPSA) is 49.3 Å². The normalized spacial score (nSPS) is 21.9. The number of halogens is 1. The number of benzene rings is 1. The minimum Gasteiger partial charge on any atom is -0.396 e. The smallest absolute Gasteiger partial charge is 0.230 e. The van der Waals surface area contributed by atoms with E-state index in [1.54, 1.807) is 0 Å². The van der Waals surface area contributed by atoms with Crippen LogP contribution in [0.3, 0.4) is 0 Å². The third-order valence-corrected chi connectivity index (χ3v) is 5.17. The van der Waals surface area contributed by atoms with Crippen LogP contribution in [0, 0.1) is 5.41 Å². The molecule has 0 atom stereocenters. The van der Waals surface area contributed by atoms with E-state index in [0.717, 1.165) is 37.7 Å². The molecule has 0 aromatic heterocycles. The van der Waals surface area contributed by atoms with Crippen LogP contribution in [0.15, 0.2) is 24.3 Å². The molecule has 3 nitrogen and oxygen atoms in total. The summed E-state index contributed by atoms with van der Waals surface area (Å²) in [7, 11) is 0. The molecule has 0 aliphatic heterocycles. The first-order valence-corrected chi connectivity index (χ1v) is 7.63. The number of aliphatic hydroxyl groups is 1. The van der Waals surface area contributed by atoms with Crippen molar-refractivity contribution in [2.24, 2.45) is 5.41 Å². The fourth-order valence-corrected chi connectivity index (χ4v) is 3.16. The van der Waals surface area contributed by atoms with Crippen LogP contribution in [0.4, 0.5) is 0 Å². The number of carbonyl (C=O) groups excluding carboxylic acids is 1. The second kappa shape index (κ2) is 5.05. The SMILES string of the molecule is O=C(NCC1(CO)CC1)C1(c2cccc(Cl)c2)CCC1. The van der Waals surface area contributed by atoms with Gasteiger partial charge in [0.15, 0.2) is 0 Å². The molecule has 0 radical (unpaired) electrons. The Morgan fingerprint density at radius 3 is 2.55 bits per heavy atom. The molecule has 0 heterocycles. The molecular weight excluding hydrogens is 274 g/mol. The Bertz CT molecular complexity index is 521. The summed E-state index contributed by atoms with van der Waals surface area (Å²) in [5.74, 6) is 0.0886. The lowest BCUT2D eigenvalue weighted by atomic mass is 9.63. The molecule has 2 aliphatic rings. The maximum absolute atomic E-state index is 12.6. The van der Waals surface area contributed by atoms with Crippen molar-refractivity contribution in [3.05, 3.63) is 34.9 Å². The van der Waals surface area contributed by atoms with E-state index in [2.05, 4.69) is 5.32 Å². The van der Waals surface area contributed by atoms with Gasteiger partial charge in [0.25, 0.3) is 0 Å². The Hall–Kier alpha value is -1.06. The Morgan fingerprint density at radius 2 is 2.05 bits per heavy atom. The summed E-state index contributed by atoms with van der Waals surface area (Å²) in [5.41, 5.74) is 0.563. The quantitative estimate of drug-likeness (QED) is 0.877. The van der Waals surface area contributed by atoms with Gasteiger partial charge < -0.3 is 10.4 Å². The fourth-order valence-electron chi connectivity index (χ4n) is 2.97. The Balaban J connectivity index is 1.73. The van der Waals surface area contributed by atoms with Gasteiger partial charge in [0.2, 0.25) is 5.91 Å². The van der Waals surface area contributed by atoms with Crippen LogP contribution >= 0.6 is 11.6 Å². The third-order valence-electron chi connectivity index (χ3n) is 4.94. The molecule has 2 aliphatic carbocycles. The van der Waals surface area contributed by atoms with Crippen molar-refractivity contribution in [3.63, 3.8) is 0 Å². The van der Waals surface area contributed by atoms with E-state index in [9.17, 15) is 9.90 Å². The maximum Gasteiger partial charge on any atom is 0.230 e. The highest BCUT2D eigenvalue weighted by molar-refractivity contribution is 6.30. The first kappa shape index (κ1) is 13.9. The van der Waals surface area contributed by atoms with Gasteiger partial charge in [0.05, 0.1) is 12.0 Å². The molecular formula is C16H20ClNO2. The van der Waals surface area contributed by atoms with Crippen LogP contribution in [0.1, 0.15) is 37.7 Å². The van der Waals surface area contributed by atoms with Gasteiger partial charge in [-0.25, -0.2) is 0 Å². The molecule has 1 aromatic carbocycles. The van der Waals surface area contributed by atoms with Crippen molar-refractivity contribution in [2.45, 2.75) is 37.5 Å². The van der Waals surface area contributed by atoms with Gasteiger partial charge in [-0.2, -0.15) is 0 Å². The highest BCUT2D eigenvalue weighted by Crippen LogP contribution is 2.46. The molecule has 20 heavy (non-hydrogen) atoms. The highest BCUT2D eigenvalue weighted by Gasteiger charge is 2.48. The van der Waals surface area contributed by atoms with Crippen molar-refractivity contribution in [2.75, 3.05) is 13.2 Å². The van der Waals surface area contributed by atoms with Gasteiger partial charge in [-0.15, -0.1) is 0 Å². The van der Waals surface area contributed by atoms with Crippen molar-refractivity contribution in [1.29, 1.82) is 0 Å². The lowest BCUT2D eigenvalue weighted by Crippen LogP contribution is -2.50. The predicted octanol–water partition coefficient (Wildman–Crippen LogP) is 2.65. The van der Waals surface area contributed by atoms with Gasteiger partial charge in [0.1, 0.15) is 0 Å². The van der Waals surface area contributed by atoms with E-state index in [1.807, 2.05) is 24.3 Å². The Morgan fingerprint density at radius 1 is 1.30 bits per heavy atom. The minimum atomic E-state index is -0.406. The Labute approximate surface area is 124 Å². The van der Waals surface area contributed by atoms with Gasteiger partial charge in [0, 0.05) is 17.0 Å². The predicted molar refractivity (Wildman–Crippen MR) is 78.7 cm³/mol. The third kappa shape index (κ3) is 2.33. The first-order valence-electron chi connectivity index (χ1n) is 7.26. The Kier molecular flexibility index (Phi) is 3.51. The largest absolute Gasteiger partial charge is 0.396 e. The number of hydrogen-bond donors (Lipinski definition) is 2. The standard InChI is InChI=1S/C16H20ClNO2/c17-13-4-1-3-12(9-13)16(5-2-6-16)14(20)18-10-15(11-19)7-8-15/h1,3-4,9,19H,2,5-8,10-11H2,(H,18,20). The van der Waals surface area contributed by atoms with Crippen molar-refractivity contribution in [3.8, 4) is 0 Å². The van der Waals surface area contributed by atoms with E-state index in [-0.39, 0.29) is 17.9 Å². The summed E-state index contributed by atoms with van der Waals surface area (Å²) < 4.78 is 0. The van der Waals surface area contributed by atoms with E-state index in [0.29, 0.717) is 11.6 Å². The van der Waals surface area contributed by atoms with Gasteiger partial charge in [-0.05, 0) is 43.4 Å². The molecule has 1 aromatic rings. The van der Waals surface area contributed by atoms with Crippen LogP contribution < -0.4 is 5.32 Å². The average molecular weight is 294 g/mol. The summed E-state index contributed by atoms with van der Waals surface area (Å²) in [6, 6.07) is 7.63. The summed E-state index contributed by atoms with van der Waals surface area (Å²) in [6.45, 7) is 0.752. The van der Waals surface area contributed by atoms with Gasteiger partial charge in [-0.1, -0.05) is 30.2 Å². The zero-order valence-corrected chi connectivity index (χ0v) is 12.2. The van der Waals surface area contributed by atoms with E-state index in [1.165, 1.54) is 0 Å². The molecule has 4 heteroatoms. The van der Waals surface area contributed by atoms with E-state index in [4.69, 9.17) is 11.6 Å². The molecule has 0 saturated heterocycles. The van der Waals surface area contributed by atoms with Crippen molar-refractivity contribution >= 4 is 17.5 Å². The average Bonchev–Trinajstić information content (AvgIpc) is 3.16. The molecule has 2 fully saturated rings. The zero-order chi connectivity index (χ0) is 14.2. The number of amides is 1. The summed E-state index contributed by atoms with van der Waals surface area (Å²) in [5, 5.41) is 13.1. The number of hydrogen-bond acceptors (Lipinski definition) is 2. The number of carbonyl (C=O) groups is 1. The number of aliphatic hydroxyl groups excluding tert-OH is 1. The van der Waals surface area contributed by atoms with Crippen LogP contribution in [0.25, 0.3) is 0 Å². The van der Waals surface area contributed by atoms with Gasteiger partial charge in [-0.3, -0.25) is 4.79 Å². The molecule has 2 N–H and O–H groups in total. The monoisotopic (exact) mass is 293 g/mol. The van der Waals surface area contributed by atoms with E-state index < -0.39 is 5.41 Å². The van der Waals surface area contributed by atoms with Crippen LogP contribution in [-0.4, -0.2) is 24.2 Å². The molecule has 1 amide bonds. The number of nitrogens with one attached hydrogen (secondary N) is 1. The van der Waals surface area contributed by atoms with Crippen molar-refractivity contribution in [1.82, 2.24) is 5.32 Å². The molecule has 2 saturated carbocycles. The highest BCUT2D eigenvalue weighted by atomic mass is 35.5. The molecule has 0 unspecified atom stereocenters. The van der Waals surface area contributed by atoms with Crippen LogP contribution in [0.2, 0.25) is 5.02 Å². The summed E-state index contributed by atoms with van der Waals surface area (Å²) >= 11 is 6.05. The maximum atomic E-state index is 12.6. The van der Waals surface area contributed by atoms with Crippen LogP contribution in [0.5, 0.6) is 0 Å². The first-order chi connectivity index (χ1) is 9.60. The summed E-state index contributed by atoms with van der Waals surface area (Å²) in [6.07, 6.45) is 4.85. The lowest BCUT2D eigenvalue weighted by molar-refractivity contribution is -0.130. The molecule has 0 spiro atoms. The van der Waals surface area contributed by atoms with Crippen molar-refractivity contribution < 1.29 is 9.90 Å².